The number of pyridine rings is 1. The van der Waals surface area contributed by atoms with Crippen LogP contribution in [0.4, 0.5) is 13.2 Å². The maximum Gasteiger partial charge on any atom is 0.271 e. The number of hydrogen-bond donors (Lipinski definition) is 0. The number of halogens is 3. The van der Waals surface area contributed by atoms with Gasteiger partial charge in [-0.3, -0.25) is 14.2 Å². The van der Waals surface area contributed by atoms with Gasteiger partial charge in [0.25, 0.3) is 11.9 Å². The Morgan fingerprint density at radius 2 is 1.52 bits per heavy atom. The molecule has 0 saturated heterocycles. The third-order valence-corrected chi connectivity index (χ3v) is 7.16. The van der Waals surface area contributed by atoms with Gasteiger partial charge in [-0.1, -0.05) is 12.1 Å². The average Bonchev–Trinajstić information content (AvgIpc) is 3.64. The lowest BCUT2D eigenvalue weighted by Gasteiger charge is -2.24. The van der Waals surface area contributed by atoms with Gasteiger partial charge in [0.15, 0.2) is 11.4 Å². The van der Waals surface area contributed by atoms with Crippen LogP contribution in [0.3, 0.4) is 0 Å². The summed E-state index contributed by atoms with van der Waals surface area (Å²) >= 11 is 0. The van der Waals surface area contributed by atoms with Gasteiger partial charge in [0.2, 0.25) is 0 Å². The van der Waals surface area contributed by atoms with Crippen molar-refractivity contribution < 1.29 is 17.9 Å². The van der Waals surface area contributed by atoms with E-state index in [0.717, 1.165) is 30.4 Å². The smallest absolute Gasteiger partial charge is 0.271 e. The molecule has 5 heterocycles. The first-order chi connectivity index (χ1) is 20.0. The predicted molar refractivity (Wildman–Crippen MR) is 150 cm³/mol. The van der Waals surface area contributed by atoms with Crippen LogP contribution in [0.25, 0.3) is 34.1 Å². The highest BCUT2D eigenvalue weighted by Gasteiger charge is 2.38. The predicted octanol–water partition coefficient (Wildman–Crippen LogP) is 6.16. The average molecular weight is 573 g/mol. The first-order valence-electron chi connectivity index (χ1n) is 13.2. The lowest BCUT2D eigenvalue weighted by Crippen LogP contribution is -2.29. The molecular formula is C30H27F3N8O. The summed E-state index contributed by atoms with van der Waals surface area (Å²) in [6.07, 6.45) is 6.43. The first kappa shape index (κ1) is 27.2. The van der Waals surface area contributed by atoms with Crippen molar-refractivity contribution in [3.8, 4) is 34.2 Å². The number of benzene rings is 1. The first-order valence-corrected chi connectivity index (χ1v) is 13.2. The van der Waals surface area contributed by atoms with E-state index in [1.165, 1.54) is 23.0 Å². The maximum atomic E-state index is 14.8. The molecule has 0 radical (unpaired) electrons. The molecule has 0 spiro atoms. The Hall–Kier alpha value is -5.00. The van der Waals surface area contributed by atoms with Crippen LogP contribution in [0.15, 0.2) is 67.3 Å². The van der Waals surface area contributed by atoms with Crippen molar-refractivity contribution in [1.82, 2.24) is 38.9 Å². The number of rotatable bonds is 7. The number of alkyl halides is 2. The van der Waals surface area contributed by atoms with E-state index in [0.29, 0.717) is 45.6 Å². The highest BCUT2D eigenvalue weighted by Crippen LogP contribution is 2.37. The van der Waals surface area contributed by atoms with Crippen LogP contribution >= 0.6 is 0 Å². The van der Waals surface area contributed by atoms with Crippen LogP contribution in [-0.2, 0) is 0 Å². The molecule has 0 unspecified atom stereocenters. The van der Waals surface area contributed by atoms with Crippen LogP contribution in [-0.4, -0.2) is 51.9 Å². The van der Waals surface area contributed by atoms with Gasteiger partial charge in [-0.25, -0.2) is 22.7 Å². The van der Waals surface area contributed by atoms with Gasteiger partial charge >= 0.3 is 0 Å². The summed E-state index contributed by atoms with van der Waals surface area (Å²) in [5, 5.41) is 9.02. The molecule has 0 N–H and O–H groups in total. The Morgan fingerprint density at radius 1 is 0.857 bits per heavy atom. The molecule has 0 saturated carbocycles. The Morgan fingerprint density at radius 3 is 2.17 bits per heavy atom. The zero-order chi connectivity index (χ0) is 29.8. The van der Waals surface area contributed by atoms with Crippen LogP contribution in [0.5, 0.6) is 5.75 Å². The summed E-state index contributed by atoms with van der Waals surface area (Å²) in [7, 11) is 1.55. The molecule has 0 fully saturated rings. The fourth-order valence-electron chi connectivity index (χ4n) is 5.21. The van der Waals surface area contributed by atoms with Crippen LogP contribution in [0, 0.1) is 26.6 Å². The molecule has 0 aliphatic carbocycles. The molecule has 5 aromatic heterocycles. The SMILES string of the molecule is COc1c(-c2cncc(-c3cn([C@H](c4ccc(F)cc4)C(C)(F)F)nc3C)n2)ccn2nc(-n3c(C)ccc3C)nc12. The quantitative estimate of drug-likeness (QED) is 0.228. The van der Waals surface area contributed by atoms with Crippen molar-refractivity contribution in [2.75, 3.05) is 7.11 Å². The largest absolute Gasteiger partial charge is 0.492 e. The van der Waals surface area contributed by atoms with Gasteiger partial charge < -0.3 is 4.74 Å². The minimum absolute atomic E-state index is 0.230. The molecule has 6 rings (SSSR count). The summed E-state index contributed by atoms with van der Waals surface area (Å²) in [6.45, 7) is 6.49. The molecule has 0 aliphatic rings. The molecule has 0 aliphatic heterocycles. The zero-order valence-corrected chi connectivity index (χ0v) is 23.5. The van der Waals surface area contributed by atoms with E-state index in [2.05, 4.69) is 15.2 Å². The molecule has 12 heteroatoms. The van der Waals surface area contributed by atoms with Gasteiger partial charge in [-0.2, -0.15) is 10.1 Å². The molecule has 1 aromatic carbocycles. The third kappa shape index (κ3) is 4.68. The normalized spacial score (nSPS) is 12.7. The number of fused-ring (bicyclic) bond motifs is 1. The second kappa shape index (κ2) is 10.1. The van der Waals surface area contributed by atoms with E-state index in [9.17, 15) is 13.2 Å². The highest BCUT2D eigenvalue weighted by molar-refractivity contribution is 5.76. The summed E-state index contributed by atoms with van der Waals surface area (Å²) in [4.78, 5) is 13.9. The lowest BCUT2D eigenvalue weighted by molar-refractivity contribution is -0.0217. The molecule has 42 heavy (non-hydrogen) atoms. The Kier molecular flexibility index (Phi) is 6.55. The molecule has 0 bridgehead atoms. The van der Waals surface area contributed by atoms with Crippen LogP contribution in [0.2, 0.25) is 0 Å². The van der Waals surface area contributed by atoms with Gasteiger partial charge in [0.05, 0.1) is 36.6 Å². The molecule has 6 aromatic rings. The lowest BCUT2D eigenvalue weighted by atomic mass is 10.0. The molecule has 214 valence electrons. The van der Waals surface area contributed by atoms with Gasteiger partial charge in [0.1, 0.15) is 11.9 Å². The third-order valence-electron chi connectivity index (χ3n) is 7.16. The fourth-order valence-corrected chi connectivity index (χ4v) is 5.21. The summed E-state index contributed by atoms with van der Waals surface area (Å²) < 4.78 is 53.7. The summed E-state index contributed by atoms with van der Waals surface area (Å²) in [6, 6.07) is 9.35. The van der Waals surface area contributed by atoms with Crippen molar-refractivity contribution in [2.45, 2.75) is 39.7 Å². The van der Waals surface area contributed by atoms with Gasteiger partial charge in [-0.15, -0.1) is 5.10 Å². The van der Waals surface area contributed by atoms with Gasteiger partial charge in [-0.05, 0) is 56.7 Å². The van der Waals surface area contributed by atoms with E-state index in [1.807, 2.05) is 36.6 Å². The zero-order valence-electron chi connectivity index (χ0n) is 23.5. The molecule has 1 atom stereocenters. The number of ether oxygens (including phenoxy) is 1. The topological polar surface area (TPSA) is 88.0 Å². The Balaban J connectivity index is 1.41. The number of methoxy groups -OCH3 is 1. The number of aromatic nitrogens is 8. The fraction of sp³-hybridized carbons (Fsp3) is 0.233. The number of hydrogen-bond acceptors (Lipinski definition) is 6. The van der Waals surface area contributed by atoms with Crippen LogP contribution in [0.1, 0.15) is 35.6 Å². The molecule has 0 amide bonds. The minimum Gasteiger partial charge on any atom is -0.492 e. The van der Waals surface area contributed by atoms with Crippen molar-refractivity contribution in [3.63, 3.8) is 0 Å². The monoisotopic (exact) mass is 572 g/mol. The highest BCUT2D eigenvalue weighted by atomic mass is 19.3. The van der Waals surface area contributed by atoms with Crippen molar-refractivity contribution >= 4 is 5.65 Å². The summed E-state index contributed by atoms with van der Waals surface area (Å²) in [5.41, 5.74) is 5.32. The number of aryl methyl sites for hydroxylation is 3. The second-order valence-electron chi connectivity index (χ2n) is 10.2. The Bertz CT molecular complexity index is 1900. The standard InChI is InChI=1S/C30H27F3N8O/c1-17-6-7-18(2)41(17)29-36-28-26(42-5)22(12-13-39(28)38-29)24-14-34-15-25(35-24)23-16-40(37-19(23)3)27(30(4,32)33)20-8-10-21(31)11-9-20/h6-16,27H,1-5H3/t27-/m1/s1. The van der Waals surface area contributed by atoms with E-state index in [-0.39, 0.29) is 5.56 Å². The van der Waals surface area contributed by atoms with Gasteiger partial charge in [0, 0.05) is 41.8 Å². The van der Waals surface area contributed by atoms with Crippen LogP contribution < -0.4 is 4.74 Å². The van der Waals surface area contributed by atoms with Crippen molar-refractivity contribution in [2.24, 2.45) is 0 Å². The maximum absolute atomic E-state index is 14.8. The van der Waals surface area contributed by atoms with Crippen molar-refractivity contribution in [1.29, 1.82) is 0 Å². The summed E-state index contributed by atoms with van der Waals surface area (Å²) in [5.74, 6) is -2.72. The van der Waals surface area contributed by atoms with E-state index in [1.54, 1.807) is 37.1 Å². The molecular weight excluding hydrogens is 545 g/mol. The van der Waals surface area contributed by atoms with E-state index >= 15 is 0 Å². The second-order valence-corrected chi connectivity index (χ2v) is 10.2. The van der Waals surface area contributed by atoms with Crippen molar-refractivity contribution in [3.05, 3.63) is 95.7 Å². The minimum atomic E-state index is -3.18. The number of nitrogens with zero attached hydrogens (tertiary/aromatic N) is 8. The van der Waals surface area contributed by atoms with E-state index in [4.69, 9.17) is 14.7 Å². The van der Waals surface area contributed by atoms with E-state index < -0.39 is 17.8 Å². The molecule has 9 nitrogen and oxygen atoms in total. The Labute approximate surface area is 239 Å².